The maximum atomic E-state index is 12.7. The summed E-state index contributed by atoms with van der Waals surface area (Å²) in [6.07, 6.45) is 0. The van der Waals surface area contributed by atoms with E-state index in [0.29, 0.717) is 0 Å². The van der Waals surface area contributed by atoms with Crippen LogP contribution in [0.1, 0.15) is 21.0 Å². The summed E-state index contributed by atoms with van der Waals surface area (Å²) in [7, 11) is 0. The van der Waals surface area contributed by atoms with E-state index in [4.69, 9.17) is 0 Å². The van der Waals surface area contributed by atoms with Crippen molar-refractivity contribution in [1.82, 2.24) is 9.97 Å². The fraction of sp³-hybridized carbons (Fsp3) is 0. The number of carboxylic acid groups (broad SMARTS) is 2. The van der Waals surface area contributed by atoms with Crippen LogP contribution in [0.15, 0.2) is 24.3 Å². The average molecular weight is 382 g/mol. The Bertz CT molecular complexity index is 1210. The maximum absolute atomic E-state index is 12.7. The normalized spacial score (nSPS) is 11.3. The SMILES string of the molecule is O=C(O)c1cc2c(-c3c([O-])c(O)cc4[nH]c(C(=O)O)cc34)c([O-])c(O)cc2[nH]1. The zero-order valence-electron chi connectivity index (χ0n) is 13.7. The first-order valence-corrected chi connectivity index (χ1v) is 7.77. The van der Waals surface area contributed by atoms with Crippen molar-refractivity contribution in [3.05, 3.63) is 35.7 Å². The van der Waals surface area contributed by atoms with Crippen molar-refractivity contribution in [1.29, 1.82) is 0 Å². The van der Waals surface area contributed by atoms with Gasteiger partial charge in [0.1, 0.15) is 22.9 Å². The summed E-state index contributed by atoms with van der Waals surface area (Å²) < 4.78 is 0. The number of carboxylic acids is 2. The molecule has 0 aliphatic rings. The minimum Gasteiger partial charge on any atom is -0.870 e. The van der Waals surface area contributed by atoms with E-state index in [2.05, 4.69) is 9.97 Å². The fourth-order valence-corrected chi connectivity index (χ4v) is 3.21. The summed E-state index contributed by atoms with van der Waals surface area (Å²) in [6, 6.07) is 4.29. The summed E-state index contributed by atoms with van der Waals surface area (Å²) in [5.41, 5.74) is -1.11. The van der Waals surface area contributed by atoms with Gasteiger partial charge < -0.3 is 40.6 Å². The van der Waals surface area contributed by atoms with Crippen LogP contribution < -0.4 is 10.2 Å². The second-order valence-corrected chi connectivity index (χ2v) is 6.10. The van der Waals surface area contributed by atoms with Crippen LogP contribution in [-0.2, 0) is 0 Å². The molecule has 0 unspecified atom stereocenters. The van der Waals surface area contributed by atoms with Crippen molar-refractivity contribution in [3.63, 3.8) is 0 Å². The van der Waals surface area contributed by atoms with Crippen LogP contribution >= 0.6 is 0 Å². The molecule has 142 valence electrons. The van der Waals surface area contributed by atoms with E-state index in [1.165, 1.54) is 0 Å². The van der Waals surface area contributed by atoms with Gasteiger partial charge in [0.2, 0.25) is 0 Å². The van der Waals surface area contributed by atoms with Crippen LogP contribution in [0, 0.1) is 0 Å². The lowest BCUT2D eigenvalue weighted by molar-refractivity contribution is -0.272. The molecule has 2 heterocycles. The Balaban J connectivity index is 2.20. The van der Waals surface area contributed by atoms with Crippen molar-refractivity contribution in [3.8, 4) is 34.1 Å². The molecule has 0 atom stereocenters. The number of carbonyl (C=O) groups is 2. The van der Waals surface area contributed by atoms with Gasteiger partial charge in [0, 0.05) is 22.9 Å². The molecular weight excluding hydrogens is 372 g/mol. The van der Waals surface area contributed by atoms with Gasteiger partial charge in [0.05, 0.1) is 11.0 Å². The highest BCUT2D eigenvalue weighted by Crippen LogP contribution is 2.49. The Hall–Kier alpha value is -4.34. The molecule has 0 saturated carbocycles. The van der Waals surface area contributed by atoms with Crippen molar-refractivity contribution >= 4 is 33.7 Å². The van der Waals surface area contributed by atoms with Gasteiger partial charge in [-0.2, -0.15) is 0 Å². The van der Waals surface area contributed by atoms with Crippen molar-refractivity contribution < 1.29 is 40.2 Å². The number of nitrogens with one attached hydrogen (secondary N) is 2. The molecule has 10 nitrogen and oxygen atoms in total. The number of H-pyrrole nitrogens is 2. The van der Waals surface area contributed by atoms with Gasteiger partial charge in [-0.1, -0.05) is 11.5 Å². The molecule has 0 amide bonds. The highest BCUT2D eigenvalue weighted by molar-refractivity contribution is 6.12. The standard InChI is InChI=1S/C18H12N2O8/c21-11-3-7-5(1-9(19-7)17(25)26)13(15(11)23)14-6-2-10(18(27)28)20-8(6)4-12(22)16(14)24/h1-4,19-24H,(H,25,26)(H,27,28)/p-2. The lowest BCUT2D eigenvalue weighted by Gasteiger charge is -2.23. The summed E-state index contributed by atoms with van der Waals surface area (Å²) in [5, 5.41) is 63.7. The third-order valence-corrected chi connectivity index (χ3v) is 4.43. The van der Waals surface area contributed by atoms with Gasteiger partial charge in [-0.25, -0.2) is 9.59 Å². The Labute approximate surface area is 154 Å². The molecule has 6 N–H and O–H groups in total. The van der Waals surface area contributed by atoms with Gasteiger partial charge in [0.25, 0.3) is 0 Å². The number of aromatic amines is 2. The molecule has 2 aromatic heterocycles. The van der Waals surface area contributed by atoms with E-state index >= 15 is 0 Å². The molecule has 0 saturated heterocycles. The number of phenols is 2. The summed E-state index contributed by atoms with van der Waals surface area (Å²) in [5.74, 6) is -6.08. The van der Waals surface area contributed by atoms with E-state index in [9.17, 15) is 40.2 Å². The molecule has 28 heavy (non-hydrogen) atoms. The zero-order chi connectivity index (χ0) is 20.3. The number of phenolic OH excluding ortho intramolecular Hbond substituents is 2. The van der Waals surface area contributed by atoms with Crippen LogP contribution in [-0.4, -0.2) is 42.3 Å². The monoisotopic (exact) mass is 382 g/mol. The van der Waals surface area contributed by atoms with Gasteiger partial charge in [-0.05, 0) is 23.3 Å². The van der Waals surface area contributed by atoms with E-state index in [1.807, 2.05) is 0 Å². The number of aromatic carboxylic acids is 2. The predicted molar refractivity (Wildman–Crippen MR) is 91.7 cm³/mol. The molecular formula is C18H10N2O8-2. The van der Waals surface area contributed by atoms with E-state index < -0.39 is 34.9 Å². The lowest BCUT2D eigenvalue weighted by Crippen LogP contribution is -2.00. The predicted octanol–water partition coefficient (Wildman–Crippen LogP) is 1.27. The Morgan fingerprint density at radius 1 is 0.714 bits per heavy atom. The first kappa shape index (κ1) is 17.1. The van der Waals surface area contributed by atoms with Crippen LogP contribution in [0.3, 0.4) is 0 Å². The third kappa shape index (κ3) is 2.28. The number of rotatable bonds is 3. The molecule has 4 rings (SSSR count). The van der Waals surface area contributed by atoms with E-state index in [1.54, 1.807) is 0 Å². The number of benzene rings is 2. The molecule has 2 aromatic carbocycles. The Kier molecular flexibility index (Phi) is 3.40. The number of fused-ring (bicyclic) bond motifs is 2. The third-order valence-electron chi connectivity index (χ3n) is 4.43. The van der Waals surface area contributed by atoms with Crippen molar-refractivity contribution in [2.24, 2.45) is 0 Å². The second kappa shape index (κ2) is 5.58. The quantitative estimate of drug-likeness (QED) is 0.305. The first-order valence-electron chi connectivity index (χ1n) is 7.77. The van der Waals surface area contributed by atoms with Crippen LogP contribution in [0.5, 0.6) is 23.0 Å². The average Bonchev–Trinajstić information content (AvgIpc) is 3.22. The summed E-state index contributed by atoms with van der Waals surface area (Å²) in [6.45, 7) is 0. The lowest BCUT2D eigenvalue weighted by atomic mass is 9.95. The highest BCUT2D eigenvalue weighted by atomic mass is 16.4. The molecule has 0 radical (unpaired) electrons. The molecule has 4 aromatic rings. The van der Waals surface area contributed by atoms with Crippen LogP contribution in [0.25, 0.3) is 32.9 Å². The number of hydrogen-bond donors (Lipinski definition) is 6. The van der Waals surface area contributed by atoms with Gasteiger partial charge >= 0.3 is 11.9 Å². The second-order valence-electron chi connectivity index (χ2n) is 6.10. The molecule has 0 bridgehead atoms. The minimum atomic E-state index is -1.33. The number of aromatic nitrogens is 2. The van der Waals surface area contributed by atoms with Gasteiger partial charge in [-0.15, -0.1) is 0 Å². The first-order chi connectivity index (χ1) is 13.2. The molecule has 0 aliphatic heterocycles. The van der Waals surface area contributed by atoms with Crippen LogP contribution in [0.2, 0.25) is 0 Å². The molecule has 10 heteroatoms. The summed E-state index contributed by atoms with van der Waals surface area (Å²) >= 11 is 0. The Morgan fingerprint density at radius 2 is 1.07 bits per heavy atom. The number of aromatic hydroxyl groups is 2. The van der Waals surface area contributed by atoms with Crippen LogP contribution in [0.4, 0.5) is 0 Å². The largest absolute Gasteiger partial charge is 0.870 e. The zero-order valence-corrected chi connectivity index (χ0v) is 13.7. The topological polar surface area (TPSA) is 193 Å². The molecule has 0 fully saturated rings. The van der Waals surface area contributed by atoms with Gasteiger partial charge in [0.15, 0.2) is 0 Å². The maximum Gasteiger partial charge on any atom is 0.352 e. The smallest absolute Gasteiger partial charge is 0.352 e. The molecule has 0 spiro atoms. The van der Waals surface area contributed by atoms with E-state index in [0.717, 1.165) is 24.3 Å². The van der Waals surface area contributed by atoms with Crippen molar-refractivity contribution in [2.45, 2.75) is 0 Å². The minimum absolute atomic E-state index is 0.0299. The Morgan fingerprint density at radius 3 is 1.39 bits per heavy atom. The van der Waals surface area contributed by atoms with Crippen molar-refractivity contribution in [2.75, 3.05) is 0 Å². The summed E-state index contributed by atoms with van der Waals surface area (Å²) in [4.78, 5) is 27.5. The van der Waals surface area contributed by atoms with Gasteiger partial charge in [-0.3, -0.25) is 0 Å². The fourth-order valence-electron chi connectivity index (χ4n) is 3.21. The molecule has 0 aliphatic carbocycles. The number of hydrogen-bond acceptors (Lipinski definition) is 6. The highest BCUT2D eigenvalue weighted by Gasteiger charge is 2.20. The van der Waals surface area contributed by atoms with E-state index in [-0.39, 0.29) is 44.3 Å².